The molecule has 1 N–H and O–H groups in total. The lowest BCUT2D eigenvalue weighted by Gasteiger charge is -2.07. The number of hydrogen-bond acceptors (Lipinski definition) is 6. The Morgan fingerprint density at radius 1 is 1.47 bits per heavy atom. The maximum Gasteiger partial charge on any atom is 0.311 e. The minimum Gasteiger partial charge on any atom is -0.486 e. The van der Waals surface area contributed by atoms with Gasteiger partial charge in [-0.25, -0.2) is 0 Å². The highest BCUT2D eigenvalue weighted by Crippen LogP contribution is 2.28. The molecule has 0 aliphatic rings. The second-order valence-electron chi connectivity index (χ2n) is 3.76. The van der Waals surface area contributed by atoms with Gasteiger partial charge in [-0.3, -0.25) is 14.9 Å². The van der Waals surface area contributed by atoms with Crippen molar-refractivity contribution in [2.24, 2.45) is 0 Å². The van der Waals surface area contributed by atoms with E-state index >= 15 is 0 Å². The van der Waals surface area contributed by atoms with Crippen molar-refractivity contribution in [2.75, 3.05) is 20.8 Å². The molecule has 0 fully saturated rings. The molecule has 0 saturated heterocycles. The van der Waals surface area contributed by atoms with Gasteiger partial charge < -0.3 is 14.8 Å². The fourth-order valence-electron chi connectivity index (χ4n) is 1.49. The molecule has 0 spiro atoms. The van der Waals surface area contributed by atoms with Crippen LogP contribution < -0.4 is 10.1 Å². The summed E-state index contributed by atoms with van der Waals surface area (Å²) in [4.78, 5) is 21.4. The minimum absolute atomic E-state index is 0.0406. The van der Waals surface area contributed by atoms with Crippen LogP contribution in [-0.2, 0) is 16.1 Å². The largest absolute Gasteiger partial charge is 0.486 e. The van der Waals surface area contributed by atoms with Gasteiger partial charge in [-0.05, 0) is 18.7 Å². The van der Waals surface area contributed by atoms with E-state index in [1.54, 1.807) is 13.1 Å². The van der Waals surface area contributed by atoms with Gasteiger partial charge in [0.25, 0.3) is 0 Å². The highest BCUT2D eigenvalue weighted by molar-refractivity contribution is 5.69. The van der Waals surface area contributed by atoms with E-state index in [4.69, 9.17) is 4.74 Å². The predicted octanol–water partition coefficient (Wildman–Crippen LogP) is 1.26. The molecule has 104 valence electrons. The van der Waals surface area contributed by atoms with E-state index in [0.29, 0.717) is 6.54 Å². The molecule has 0 atom stereocenters. The second kappa shape index (κ2) is 7.32. The van der Waals surface area contributed by atoms with Crippen LogP contribution in [0.5, 0.6) is 5.75 Å². The Balaban J connectivity index is 2.76. The van der Waals surface area contributed by atoms with Crippen molar-refractivity contribution in [1.29, 1.82) is 0 Å². The monoisotopic (exact) mass is 268 g/mol. The van der Waals surface area contributed by atoms with Gasteiger partial charge in [-0.2, -0.15) is 0 Å². The van der Waals surface area contributed by atoms with E-state index in [1.807, 2.05) is 0 Å². The van der Waals surface area contributed by atoms with Gasteiger partial charge >= 0.3 is 11.7 Å². The van der Waals surface area contributed by atoms with E-state index in [0.717, 1.165) is 5.56 Å². The van der Waals surface area contributed by atoms with Crippen molar-refractivity contribution in [3.8, 4) is 5.75 Å². The van der Waals surface area contributed by atoms with Crippen LogP contribution in [0.2, 0.25) is 0 Å². The van der Waals surface area contributed by atoms with Gasteiger partial charge in [-0.15, -0.1) is 0 Å². The maximum absolute atomic E-state index is 10.9. The summed E-state index contributed by atoms with van der Waals surface area (Å²) in [6, 6.07) is 4.71. The number of nitrogens with zero attached hydrogens (tertiary/aromatic N) is 1. The Morgan fingerprint density at radius 2 is 2.21 bits per heavy atom. The van der Waals surface area contributed by atoms with E-state index in [1.165, 1.54) is 19.2 Å². The van der Waals surface area contributed by atoms with Crippen LogP contribution in [-0.4, -0.2) is 31.7 Å². The molecular formula is C12H16N2O5. The summed E-state index contributed by atoms with van der Waals surface area (Å²) in [6.45, 7) is 0.572. The second-order valence-corrected chi connectivity index (χ2v) is 3.76. The van der Waals surface area contributed by atoms with E-state index < -0.39 is 10.9 Å². The van der Waals surface area contributed by atoms with Crippen molar-refractivity contribution in [2.45, 2.75) is 13.0 Å². The molecule has 1 aromatic carbocycles. The number of esters is 1. The summed E-state index contributed by atoms with van der Waals surface area (Å²) in [5, 5.41) is 13.9. The molecule has 7 nitrogen and oxygen atoms in total. The van der Waals surface area contributed by atoms with Gasteiger partial charge in [0.05, 0.1) is 25.1 Å². The zero-order valence-electron chi connectivity index (χ0n) is 10.8. The van der Waals surface area contributed by atoms with E-state index in [2.05, 4.69) is 10.1 Å². The average Bonchev–Trinajstić information content (AvgIpc) is 2.40. The van der Waals surface area contributed by atoms with Crippen LogP contribution in [0.25, 0.3) is 0 Å². The molecule has 0 aromatic heterocycles. The number of ether oxygens (including phenoxy) is 2. The van der Waals surface area contributed by atoms with Crippen molar-refractivity contribution in [3.05, 3.63) is 33.9 Å². The third-order valence-electron chi connectivity index (χ3n) is 2.39. The molecule has 0 unspecified atom stereocenters. The fourth-order valence-corrected chi connectivity index (χ4v) is 1.49. The molecule has 1 rings (SSSR count). The quantitative estimate of drug-likeness (QED) is 0.454. The van der Waals surface area contributed by atoms with Crippen LogP contribution in [0.15, 0.2) is 18.2 Å². The highest BCUT2D eigenvalue weighted by atomic mass is 16.6. The summed E-state index contributed by atoms with van der Waals surface area (Å²) in [5.41, 5.74) is 0.673. The Labute approximate surface area is 110 Å². The molecule has 7 heteroatoms. The Morgan fingerprint density at radius 3 is 2.79 bits per heavy atom. The number of benzene rings is 1. The SMILES string of the molecule is CNCc1ccc(OCCC(=O)OC)c([N+](=O)[O-])c1. The third kappa shape index (κ3) is 4.55. The molecule has 19 heavy (non-hydrogen) atoms. The molecule has 1 aromatic rings. The predicted molar refractivity (Wildman–Crippen MR) is 68.0 cm³/mol. The van der Waals surface area contributed by atoms with Crippen molar-refractivity contribution >= 4 is 11.7 Å². The molecule has 0 amide bonds. The van der Waals surface area contributed by atoms with Crippen LogP contribution in [0.1, 0.15) is 12.0 Å². The summed E-state index contributed by atoms with van der Waals surface area (Å²) < 4.78 is 9.70. The Kier molecular flexibility index (Phi) is 5.74. The van der Waals surface area contributed by atoms with Crippen molar-refractivity contribution < 1.29 is 19.2 Å². The van der Waals surface area contributed by atoms with Crippen LogP contribution >= 0.6 is 0 Å². The van der Waals surface area contributed by atoms with Gasteiger partial charge in [-0.1, -0.05) is 6.07 Å². The van der Waals surface area contributed by atoms with Crippen LogP contribution in [0.3, 0.4) is 0 Å². The first-order valence-electron chi connectivity index (χ1n) is 5.70. The maximum atomic E-state index is 10.9. The number of nitrogens with one attached hydrogen (secondary N) is 1. The van der Waals surface area contributed by atoms with Gasteiger partial charge in [0.15, 0.2) is 5.75 Å². The van der Waals surface area contributed by atoms with Crippen molar-refractivity contribution in [3.63, 3.8) is 0 Å². The standard InChI is InChI=1S/C12H16N2O5/c1-13-8-9-3-4-11(10(7-9)14(16)17)19-6-5-12(15)18-2/h3-4,7,13H,5-6,8H2,1-2H3. The summed E-state index contributed by atoms with van der Waals surface area (Å²) in [6.07, 6.45) is 0.0475. The Hall–Kier alpha value is -2.15. The average molecular weight is 268 g/mol. The van der Waals surface area contributed by atoms with Crippen LogP contribution in [0, 0.1) is 10.1 Å². The lowest BCUT2D eigenvalue weighted by molar-refractivity contribution is -0.385. The number of carbonyl (C=O) groups is 1. The first-order chi connectivity index (χ1) is 9.08. The summed E-state index contributed by atoms with van der Waals surface area (Å²) in [5.74, 6) is -0.275. The number of methoxy groups -OCH3 is 1. The number of nitro groups is 1. The zero-order valence-corrected chi connectivity index (χ0v) is 10.8. The van der Waals surface area contributed by atoms with E-state index in [9.17, 15) is 14.9 Å². The molecule has 0 heterocycles. The highest BCUT2D eigenvalue weighted by Gasteiger charge is 2.16. The molecule has 0 bridgehead atoms. The molecule has 0 aliphatic heterocycles. The summed E-state index contributed by atoms with van der Waals surface area (Å²) >= 11 is 0. The molecular weight excluding hydrogens is 252 g/mol. The first kappa shape index (κ1) is 14.9. The first-order valence-corrected chi connectivity index (χ1v) is 5.70. The Bertz CT molecular complexity index is 461. The topological polar surface area (TPSA) is 90.7 Å². The minimum atomic E-state index is -0.507. The lowest BCUT2D eigenvalue weighted by Crippen LogP contribution is -2.09. The number of carbonyl (C=O) groups excluding carboxylic acids is 1. The van der Waals surface area contributed by atoms with Gasteiger partial charge in [0.2, 0.25) is 0 Å². The summed E-state index contributed by atoms with van der Waals surface area (Å²) in [7, 11) is 3.03. The number of nitro benzene ring substituents is 1. The van der Waals surface area contributed by atoms with Crippen molar-refractivity contribution in [1.82, 2.24) is 5.32 Å². The smallest absolute Gasteiger partial charge is 0.311 e. The lowest BCUT2D eigenvalue weighted by atomic mass is 10.2. The van der Waals surface area contributed by atoms with Gasteiger partial charge in [0, 0.05) is 12.6 Å². The molecule has 0 saturated carbocycles. The zero-order chi connectivity index (χ0) is 14.3. The van der Waals surface area contributed by atoms with Crippen LogP contribution in [0.4, 0.5) is 5.69 Å². The fraction of sp³-hybridized carbons (Fsp3) is 0.417. The third-order valence-corrected chi connectivity index (χ3v) is 2.39. The number of hydrogen-bond donors (Lipinski definition) is 1. The van der Waals surface area contributed by atoms with E-state index in [-0.39, 0.29) is 24.5 Å². The van der Waals surface area contributed by atoms with Gasteiger partial charge in [0.1, 0.15) is 0 Å². The normalized spacial score (nSPS) is 10.0. The molecule has 0 radical (unpaired) electrons. The molecule has 0 aliphatic carbocycles. The number of rotatable bonds is 7.